The summed E-state index contributed by atoms with van der Waals surface area (Å²) in [6.45, 7) is 7.38. The summed E-state index contributed by atoms with van der Waals surface area (Å²) >= 11 is 0. The number of aryl methyl sites for hydroxylation is 3. The van der Waals surface area contributed by atoms with Gasteiger partial charge in [-0.15, -0.1) is 0 Å². The highest BCUT2D eigenvalue weighted by atomic mass is 16.2. The summed E-state index contributed by atoms with van der Waals surface area (Å²) in [5.74, 6) is -0.950. The van der Waals surface area contributed by atoms with Crippen molar-refractivity contribution in [3.63, 3.8) is 0 Å². The third-order valence-electron chi connectivity index (χ3n) is 4.45. The van der Waals surface area contributed by atoms with Crippen molar-refractivity contribution < 1.29 is 14.4 Å². The van der Waals surface area contributed by atoms with Crippen LogP contribution in [0.2, 0.25) is 0 Å². The molecule has 6 heteroatoms. The maximum absolute atomic E-state index is 12.5. The molecule has 2 rings (SSSR count). The number of nitrogens with zero attached hydrogens (tertiary/aromatic N) is 1. The van der Waals surface area contributed by atoms with Crippen LogP contribution < -0.4 is 10.6 Å². The molecule has 0 saturated carbocycles. The van der Waals surface area contributed by atoms with Gasteiger partial charge in [-0.2, -0.15) is 0 Å². The predicted molar refractivity (Wildman–Crippen MR) is 110 cm³/mol. The van der Waals surface area contributed by atoms with Crippen LogP contribution in [0.5, 0.6) is 0 Å². The third kappa shape index (κ3) is 5.42. The number of anilines is 1. The van der Waals surface area contributed by atoms with Gasteiger partial charge in [0.2, 0.25) is 11.8 Å². The second kappa shape index (κ2) is 9.17. The number of carbonyl (C=O) groups is 3. The standard InChI is InChI=1S/C22H27N3O3/c1-14-11-15(2)20(16(3)12-14)24-19(26)13-25(5)22(28)17(4)23-21(27)18-9-7-6-8-10-18/h6-12,17H,13H2,1-5H3,(H,23,27)(H,24,26)/t17-/m0/s1. The van der Waals surface area contributed by atoms with E-state index in [2.05, 4.69) is 10.6 Å². The van der Waals surface area contributed by atoms with E-state index in [9.17, 15) is 14.4 Å². The summed E-state index contributed by atoms with van der Waals surface area (Å²) in [7, 11) is 1.54. The lowest BCUT2D eigenvalue weighted by Gasteiger charge is -2.22. The van der Waals surface area contributed by atoms with Gasteiger partial charge in [-0.3, -0.25) is 14.4 Å². The van der Waals surface area contributed by atoms with Crippen molar-refractivity contribution in [3.8, 4) is 0 Å². The minimum atomic E-state index is -0.742. The molecule has 0 spiro atoms. The summed E-state index contributed by atoms with van der Waals surface area (Å²) in [4.78, 5) is 38.4. The first kappa shape index (κ1) is 21.2. The smallest absolute Gasteiger partial charge is 0.251 e. The highest BCUT2D eigenvalue weighted by Crippen LogP contribution is 2.21. The van der Waals surface area contributed by atoms with Crippen molar-refractivity contribution >= 4 is 23.4 Å². The molecule has 0 fully saturated rings. The Morgan fingerprint density at radius 2 is 1.57 bits per heavy atom. The Labute approximate surface area is 165 Å². The first-order valence-electron chi connectivity index (χ1n) is 9.17. The molecule has 1 atom stereocenters. The van der Waals surface area contributed by atoms with Crippen LogP contribution in [0.4, 0.5) is 5.69 Å². The molecule has 0 aliphatic carbocycles. The van der Waals surface area contributed by atoms with Crippen molar-refractivity contribution in [2.45, 2.75) is 33.7 Å². The molecule has 0 aliphatic heterocycles. The SMILES string of the molecule is Cc1cc(C)c(NC(=O)CN(C)C(=O)[C@H](C)NC(=O)c2ccccc2)c(C)c1. The average molecular weight is 381 g/mol. The van der Waals surface area contributed by atoms with Crippen molar-refractivity contribution in [2.75, 3.05) is 18.9 Å². The van der Waals surface area contributed by atoms with Gasteiger partial charge in [0.25, 0.3) is 5.91 Å². The van der Waals surface area contributed by atoms with Gasteiger partial charge in [-0.1, -0.05) is 35.9 Å². The molecule has 0 bridgehead atoms. The molecule has 148 valence electrons. The van der Waals surface area contributed by atoms with Crippen molar-refractivity contribution in [1.29, 1.82) is 0 Å². The second-order valence-corrected chi connectivity index (χ2v) is 7.08. The minimum absolute atomic E-state index is 0.100. The first-order chi connectivity index (χ1) is 13.2. The molecular formula is C22H27N3O3. The lowest BCUT2D eigenvalue weighted by molar-refractivity contribution is -0.134. The normalized spacial score (nSPS) is 11.5. The Balaban J connectivity index is 1.94. The maximum atomic E-state index is 12.5. The van der Waals surface area contributed by atoms with Crippen LogP contribution >= 0.6 is 0 Å². The summed E-state index contributed by atoms with van der Waals surface area (Å²) in [6, 6.07) is 11.9. The Morgan fingerprint density at radius 1 is 1.00 bits per heavy atom. The Kier molecular flexibility index (Phi) is 6.93. The van der Waals surface area contributed by atoms with Gasteiger partial charge in [0, 0.05) is 18.3 Å². The fraction of sp³-hybridized carbons (Fsp3) is 0.318. The zero-order valence-electron chi connectivity index (χ0n) is 17.0. The molecule has 6 nitrogen and oxygen atoms in total. The molecule has 0 heterocycles. The molecule has 0 aromatic heterocycles. The van der Waals surface area contributed by atoms with Crippen molar-refractivity contribution in [3.05, 3.63) is 64.7 Å². The molecular weight excluding hydrogens is 354 g/mol. The van der Waals surface area contributed by atoms with Gasteiger partial charge in [0.15, 0.2) is 0 Å². The highest BCUT2D eigenvalue weighted by molar-refractivity contribution is 5.99. The fourth-order valence-electron chi connectivity index (χ4n) is 3.11. The van der Waals surface area contributed by atoms with Crippen molar-refractivity contribution in [1.82, 2.24) is 10.2 Å². The number of hydrogen-bond donors (Lipinski definition) is 2. The Morgan fingerprint density at radius 3 is 2.14 bits per heavy atom. The van der Waals surface area contributed by atoms with Crippen molar-refractivity contribution in [2.24, 2.45) is 0 Å². The minimum Gasteiger partial charge on any atom is -0.341 e. The average Bonchev–Trinajstić information content (AvgIpc) is 2.64. The van der Waals surface area contributed by atoms with Crippen LogP contribution in [0.15, 0.2) is 42.5 Å². The lowest BCUT2D eigenvalue weighted by Crippen LogP contribution is -2.47. The Bertz CT molecular complexity index is 855. The van der Waals surface area contributed by atoms with E-state index in [1.165, 1.54) is 4.90 Å². The van der Waals surface area contributed by atoms with E-state index in [0.29, 0.717) is 5.56 Å². The zero-order valence-corrected chi connectivity index (χ0v) is 17.0. The van der Waals surface area contributed by atoms with Gasteiger partial charge >= 0.3 is 0 Å². The molecule has 2 aromatic rings. The third-order valence-corrected chi connectivity index (χ3v) is 4.45. The molecule has 28 heavy (non-hydrogen) atoms. The Hall–Kier alpha value is -3.15. The van der Waals surface area contributed by atoms with E-state index in [0.717, 1.165) is 22.4 Å². The monoisotopic (exact) mass is 381 g/mol. The number of nitrogens with one attached hydrogen (secondary N) is 2. The number of benzene rings is 2. The summed E-state index contributed by atoms with van der Waals surface area (Å²) in [5, 5.41) is 5.54. The lowest BCUT2D eigenvalue weighted by atomic mass is 10.1. The number of carbonyl (C=O) groups excluding carboxylic acids is 3. The van der Waals surface area contributed by atoms with Gasteiger partial charge in [0.1, 0.15) is 6.04 Å². The highest BCUT2D eigenvalue weighted by Gasteiger charge is 2.22. The number of rotatable bonds is 6. The maximum Gasteiger partial charge on any atom is 0.251 e. The molecule has 0 unspecified atom stereocenters. The quantitative estimate of drug-likeness (QED) is 0.808. The molecule has 2 aromatic carbocycles. The molecule has 0 aliphatic rings. The van der Waals surface area contributed by atoms with Gasteiger partial charge in [-0.25, -0.2) is 0 Å². The fourth-order valence-corrected chi connectivity index (χ4v) is 3.11. The number of hydrogen-bond acceptors (Lipinski definition) is 3. The topological polar surface area (TPSA) is 78.5 Å². The van der Waals surface area contributed by atoms with E-state index in [-0.39, 0.29) is 24.3 Å². The van der Waals surface area contributed by atoms with Crippen LogP contribution in [-0.2, 0) is 9.59 Å². The van der Waals surface area contributed by atoms with E-state index in [4.69, 9.17) is 0 Å². The van der Waals surface area contributed by atoms with E-state index in [1.807, 2.05) is 39.0 Å². The van der Waals surface area contributed by atoms with Gasteiger partial charge in [-0.05, 0) is 51.0 Å². The number of likely N-dealkylation sites (N-methyl/N-ethyl adjacent to an activating group) is 1. The van der Waals surface area contributed by atoms with Crippen LogP contribution in [0.25, 0.3) is 0 Å². The second-order valence-electron chi connectivity index (χ2n) is 7.08. The summed E-state index contributed by atoms with van der Waals surface area (Å²) in [5.41, 5.74) is 4.32. The zero-order chi connectivity index (χ0) is 20.8. The molecule has 3 amide bonds. The predicted octanol–water partition coefficient (Wildman–Crippen LogP) is 2.83. The van der Waals surface area contributed by atoms with Gasteiger partial charge < -0.3 is 15.5 Å². The first-order valence-corrected chi connectivity index (χ1v) is 9.17. The van der Waals surface area contributed by atoms with Crippen LogP contribution in [0.1, 0.15) is 34.0 Å². The van der Waals surface area contributed by atoms with E-state index >= 15 is 0 Å². The molecule has 0 radical (unpaired) electrons. The van der Waals surface area contributed by atoms with Crippen LogP contribution in [-0.4, -0.2) is 42.3 Å². The number of amides is 3. The molecule has 2 N–H and O–H groups in total. The van der Waals surface area contributed by atoms with E-state index in [1.54, 1.807) is 38.2 Å². The van der Waals surface area contributed by atoms with E-state index < -0.39 is 6.04 Å². The molecule has 0 saturated heterocycles. The largest absolute Gasteiger partial charge is 0.341 e. The van der Waals surface area contributed by atoms with Crippen LogP contribution in [0.3, 0.4) is 0 Å². The van der Waals surface area contributed by atoms with Gasteiger partial charge in [0.05, 0.1) is 6.54 Å². The summed E-state index contributed by atoms with van der Waals surface area (Å²) < 4.78 is 0. The summed E-state index contributed by atoms with van der Waals surface area (Å²) in [6.07, 6.45) is 0. The van der Waals surface area contributed by atoms with Crippen LogP contribution in [0, 0.1) is 20.8 Å².